The van der Waals surface area contributed by atoms with Crippen LogP contribution in [0.5, 0.6) is 0 Å². The summed E-state index contributed by atoms with van der Waals surface area (Å²) in [4.78, 5) is 19.0. The van der Waals surface area contributed by atoms with Crippen LogP contribution in [-0.4, -0.2) is 40.0 Å². The fourth-order valence-electron chi connectivity index (χ4n) is 3.60. The molecule has 1 fully saturated rings. The van der Waals surface area contributed by atoms with Crippen LogP contribution in [0, 0.1) is 0 Å². The van der Waals surface area contributed by atoms with Gasteiger partial charge < -0.3 is 9.88 Å². The van der Waals surface area contributed by atoms with Gasteiger partial charge >= 0.3 is 0 Å². The van der Waals surface area contributed by atoms with Crippen molar-refractivity contribution >= 4 is 45.8 Å². The Balaban J connectivity index is 1.32. The van der Waals surface area contributed by atoms with Gasteiger partial charge in [-0.05, 0) is 43.2 Å². The SMILES string of the molecule is O=C(CN1CCC(n2cnc3ccccc32)CC1)Nc1ccc(Cl)c(Cl)c1. The molecule has 0 bridgehead atoms. The molecular weight excluding hydrogens is 383 g/mol. The van der Waals surface area contributed by atoms with Gasteiger partial charge in [-0.2, -0.15) is 0 Å². The van der Waals surface area contributed by atoms with Crippen LogP contribution in [-0.2, 0) is 4.79 Å². The number of halogens is 2. The predicted molar refractivity (Wildman–Crippen MR) is 110 cm³/mol. The van der Waals surface area contributed by atoms with E-state index in [0.29, 0.717) is 28.3 Å². The Morgan fingerprint density at radius 1 is 1.11 bits per heavy atom. The Morgan fingerprint density at radius 2 is 1.89 bits per heavy atom. The molecule has 5 nitrogen and oxygen atoms in total. The van der Waals surface area contributed by atoms with Gasteiger partial charge in [0, 0.05) is 24.8 Å². The lowest BCUT2D eigenvalue weighted by Crippen LogP contribution is -2.39. The lowest BCUT2D eigenvalue weighted by molar-refractivity contribution is -0.117. The average molecular weight is 403 g/mol. The summed E-state index contributed by atoms with van der Waals surface area (Å²) in [5, 5.41) is 3.79. The molecule has 27 heavy (non-hydrogen) atoms. The topological polar surface area (TPSA) is 50.2 Å². The summed E-state index contributed by atoms with van der Waals surface area (Å²) < 4.78 is 2.27. The lowest BCUT2D eigenvalue weighted by Gasteiger charge is -2.32. The first kappa shape index (κ1) is 18.3. The number of anilines is 1. The van der Waals surface area contributed by atoms with Crippen LogP contribution < -0.4 is 5.32 Å². The number of carbonyl (C=O) groups is 1. The van der Waals surface area contributed by atoms with Crippen LogP contribution in [0.2, 0.25) is 10.0 Å². The van der Waals surface area contributed by atoms with Crippen LogP contribution >= 0.6 is 23.2 Å². The first-order valence-corrected chi connectivity index (χ1v) is 9.74. The molecule has 1 amide bonds. The number of likely N-dealkylation sites (tertiary alicyclic amines) is 1. The number of hydrogen-bond donors (Lipinski definition) is 1. The Hall–Kier alpha value is -2.08. The fourth-order valence-corrected chi connectivity index (χ4v) is 3.90. The third-order valence-electron chi connectivity index (χ3n) is 5.00. The molecular formula is C20H20Cl2N4O. The van der Waals surface area contributed by atoms with Gasteiger partial charge in [0.15, 0.2) is 0 Å². The molecule has 0 spiro atoms. The van der Waals surface area contributed by atoms with E-state index in [2.05, 4.69) is 25.8 Å². The number of amides is 1. The summed E-state index contributed by atoms with van der Waals surface area (Å²) in [6, 6.07) is 13.7. The Bertz CT molecular complexity index is 964. The maximum atomic E-state index is 12.3. The van der Waals surface area contributed by atoms with Crippen molar-refractivity contribution in [3.63, 3.8) is 0 Å². The summed E-state index contributed by atoms with van der Waals surface area (Å²) in [6.45, 7) is 2.13. The second-order valence-electron chi connectivity index (χ2n) is 6.82. The zero-order valence-corrected chi connectivity index (χ0v) is 16.2. The second kappa shape index (κ2) is 7.89. The molecule has 1 N–H and O–H groups in total. The van der Waals surface area contributed by atoms with Gasteiger partial charge in [-0.1, -0.05) is 35.3 Å². The maximum absolute atomic E-state index is 12.3. The molecule has 0 radical (unpaired) electrons. The first-order chi connectivity index (χ1) is 13.1. The Labute approximate surface area is 167 Å². The van der Waals surface area contributed by atoms with Crippen LogP contribution in [0.4, 0.5) is 5.69 Å². The van der Waals surface area contributed by atoms with Crippen LogP contribution in [0.25, 0.3) is 11.0 Å². The number of aromatic nitrogens is 2. The third-order valence-corrected chi connectivity index (χ3v) is 5.74. The molecule has 140 valence electrons. The van der Waals surface area contributed by atoms with E-state index in [9.17, 15) is 4.79 Å². The minimum absolute atomic E-state index is 0.0417. The van der Waals surface area contributed by atoms with Crippen LogP contribution in [0.3, 0.4) is 0 Å². The monoisotopic (exact) mass is 402 g/mol. The highest BCUT2D eigenvalue weighted by Gasteiger charge is 2.23. The van der Waals surface area contributed by atoms with Crippen molar-refractivity contribution in [3.05, 3.63) is 58.8 Å². The van der Waals surface area contributed by atoms with Crippen molar-refractivity contribution in [1.82, 2.24) is 14.5 Å². The second-order valence-corrected chi connectivity index (χ2v) is 7.64. The minimum Gasteiger partial charge on any atom is -0.327 e. The van der Waals surface area contributed by atoms with Gasteiger partial charge in [-0.15, -0.1) is 0 Å². The molecule has 0 aliphatic carbocycles. The number of fused-ring (bicyclic) bond motifs is 1. The molecule has 3 aromatic rings. The van der Waals surface area contributed by atoms with Crippen LogP contribution in [0.1, 0.15) is 18.9 Å². The van der Waals surface area contributed by atoms with Gasteiger partial charge in [0.1, 0.15) is 0 Å². The van der Waals surface area contributed by atoms with E-state index in [1.54, 1.807) is 18.2 Å². The van der Waals surface area contributed by atoms with Crippen molar-refractivity contribution in [1.29, 1.82) is 0 Å². The number of piperidine rings is 1. The lowest BCUT2D eigenvalue weighted by atomic mass is 10.0. The van der Waals surface area contributed by atoms with Gasteiger partial charge in [0.2, 0.25) is 5.91 Å². The number of imidazole rings is 1. The van der Waals surface area contributed by atoms with E-state index >= 15 is 0 Å². The maximum Gasteiger partial charge on any atom is 0.238 e. The number of rotatable bonds is 4. The van der Waals surface area contributed by atoms with E-state index in [1.165, 1.54) is 5.52 Å². The number of hydrogen-bond acceptors (Lipinski definition) is 3. The number of nitrogens with zero attached hydrogens (tertiary/aromatic N) is 3. The van der Waals surface area contributed by atoms with E-state index in [1.807, 2.05) is 24.5 Å². The molecule has 0 saturated carbocycles. The average Bonchev–Trinajstić information content (AvgIpc) is 3.09. The van der Waals surface area contributed by atoms with E-state index in [4.69, 9.17) is 23.2 Å². The smallest absolute Gasteiger partial charge is 0.238 e. The van der Waals surface area contributed by atoms with Crippen molar-refractivity contribution in [2.24, 2.45) is 0 Å². The van der Waals surface area contributed by atoms with E-state index in [-0.39, 0.29) is 5.91 Å². The number of nitrogens with one attached hydrogen (secondary N) is 1. The summed E-state index contributed by atoms with van der Waals surface area (Å²) >= 11 is 11.9. The Morgan fingerprint density at radius 3 is 2.67 bits per heavy atom. The van der Waals surface area contributed by atoms with Gasteiger partial charge in [0.05, 0.1) is 34.0 Å². The molecule has 2 aromatic carbocycles. The normalized spacial score (nSPS) is 15.9. The molecule has 1 aliphatic heterocycles. The molecule has 0 atom stereocenters. The van der Waals surface area contributed by atoms with Crippen molar-refractivity contribution in [2.75, 3.05) is 25.0 Å². The number of carbonyl (C=O) groups excluding carboxylic acids is 1. The molecule has 2 heterocycles. The summed E-state index contributed by atoms with van der Waals surface area (Å²) in [5.41, 5.74) is 2.86. The van der Waals surface area contributed by atoms with Gasteiger partial charge in [0.25, 0.3) is 0 Å². The Kier molecular flexibility index (Phi) is 5.34. The zero-order chi connectivity index (χ0) is 18.8. The highest BCUT2D eigenvalue weighted by molar-refractivity contribution is 6.42. The standard InChI is InChI=1S/C20H20Cl2N4O/c21-16-6-5-14(11-17(16)22)24-20(27)12-25-9-7-15(8-10-25)26-13-23-18-3-1-2-4-19(18)26/h1-6,11,13,15H,7-10,12H2,(H,24,27). The summed E-state index contributed by atoms with van der Waals surface area (Å²) in [7, 11) is 0. The first-order valence-electron chi connectivity index (χ1n) is 8.99. The van der Waals surface area contributed by atoms with Crippen molar-refractivity contribution < 1.29 is 4.79 Å². The molecule has 1 saturated heterocycles. The number of para-hydroxylation sites is 2. The zero-order valence-electron chi connectivity index (χ0n) is 14.7. The quantitative estimate of drug-likeness (QED) is 0.692. The van der Waals surface area contributed by atoms with Crippen LogP contribution in [0.15, 0.2) is 48.8 Å². The highest BCUT2D eigenvalue weighted by atomic mass is 35.5. The highest BCUT2D eigenvalue weighted by Crippen LogP contribution is 2.27. The largest absolute Gasteiger partial charge is 0.327 e. The van der Waals surface area contributed by atoms with Crippen molar-refractivity contribution in [2.45, 2.75) is 18.9 Å². The third kappa shape index (κ3) is 4.10. The van der Waals surface area contributed by atoms with Gasteiger partial charge in [-0.25, -0.2) is 4.98 Å². The van der Waals surface area contributed by atoms with E-state index < -0.39 is 0 Å². The fraction of sp³-hybridized carbons (Fsp3) is 0.300. The van der Waals surface area contributed by atoms with Gasteiger partial charge in [-0.3, -0.25) is 9.69 Å². The molecule has 7 heteroatoms. The molecule has 0 unspecified atom stereocenters. The minimum atomic E-state index is -0.0417. The summed E-state index contributed by atoms with van der Waals surface area (Å²) in [6.07, 6.45) is 3.93. The number of benzene rings is 2. The van der Waals surface area contributed by atoms with E-state index in [0.717, 1.165) is 31.4 Å². The molecule has 1 aliphatic rings. The van der Waals surface area contributed by atoms with Crippen molar-refractivity contribution in [3.8, 4) is 0 Å². The molecule has 4 rings (SSSR count). The predicted octanol–water partition coefficient (Wildman–Crippen LogP) is 4.62. The summed E-state index contributed by atoms with van der Waals surface area (Å²) in [5.74, 6) is -0.0417. The molecule has 1 aromatic heterocycles.